The van der Waals surface area contributed by atoms with Gasteiger partial charge in [-0.3, -0.25) is 4.79 Å². The second-order valence-electron chi connectivity index (χ2n) is 7.91. The molecule has 3 rings (SSSR count). The molecule has 0 aromatic carbocycles. The zero-order valence-electron chi connectivity index (χ0n) is 16.9. The molecule has 0 aromatic heterocycles. The van der Waals surface area contributed by atoms with Gasteiger partial charge in [-0.05, 0) is 26.8 Å². The van der Waals surface area contributed by atoms with E-state index < -0.39 is 35.2 Å². The van der Waals surface area contributed by atoms with Crippen molar-refractivity contribution in [3.05, 3.63) is 47.0 Å². The molecule has 3 atom stereocenters. The lowest BCUT2D eigenvalue weighted by atomic mass is 9.88. The Balaban J connectivity index is 2.14. The maximum absolute atomic E-state index is 12.5. The Kier molecular flexibility index (Phi) is 5.17. The standard InChI is InChI=1S/C21H24O8/c1-11(2)18(23)27-15-9-21(5,25)16-6-7-20(4,29-16)8-14-17(15)13(19(24)28-14)10-26-12(3)22/h6,8,15,25H,1,7,9-10H2,2-5H3. The molecule has 0 aromatic rings. The van der Waals surface area contributed by atoms with Crippen LogP contribution in [0.25, 0.3) is 0 Å². The van der Waals surface area contributed by atoms with Crippen LogP contribution in [-0.4, -0.2) is 46.9 Å². The zero-order chi connectivity index (χ0) is 21.6. The van der Waals surface area contributed by atoms with E-state index in [-0.39, 0.29) is 35.5 Å². The first-order valence-electron chi connectivity index (χ1n) is 9.22. The molecular formula is C21H24O8. The Bertz CT molecular complexity index is 888. The minimum atomic E-state index is -1.48. The second kappa shape index (κ2) is 7.18. The molecular weight excluding hydrogens is 380 g/mol. The quantitative estimate of drug-likeness (QED) is 0.431. The third kappa shape index (κ3) is 4.12. The summed E-state index contributed by atoms with van der Waals surface area (Å²) in [6, 6.07) is 0. The SMILES string of the molecule is C=C(C)C(=O)OC1CC(C)(O)C2=CCC(C)(C=C3OC(=O)C(COC(C)=O)=C31)O2. The number of fused-ring (bicyclic) bond motifs is 3. The van der Waals surface area contributed by atoms with Crippen LogP contribution < -0.4 is 0 Å². The number of hydrogen-bond acceptors (Lipinski definition) is 8. The monoisotopic (exact) mass is 404 g/mol. The minimum absolute atomic E-state index is 0.0529. The lowest BCUT2D eigenvalue weighted by Gasteiger charge is -2.30. The summed E-state index contributed by atoms with van der Waals surface area (Å²) in [5.74, 6) is -1.46. The van der Waals surface area contributed by atoms with Gasteiger partial charge in [-0.2, -0.15) is 0 Å². The lowest BCUT2D eigenvalue weighted by Crippen LogP contribution is -2.36. The maximum Gasteiger partial charge on any atom is 0.343 e. The average molecular weight is 404 g/mol. The van der Waals surface area contributed by atoms with E-state index in [2.05, 4.69) is 6.58 Å². The normalized spacial score (nSPS) is 30.7. The summed E-state index contributed by atoms with van der Waals surface area (Å²) in [7, 11) is 0. The first-order chi connectivity index (χ1) is 13.4. The number of carbonyl (C=O) groups is 3. The highest BCUT2D eigenvalue weighted by molar-refractivity contribution is 5.96. The Morgan fingerprint density at radius 2 is 2.03 bits per heavy atom. The predicted octanol–water partition coefficient (Wildman–Crippen LogP) is 1.99. The van der Waals surface area contributed by atoms with E-state index in [0.717, 1.165) is 0 Å². The summed E-state index contributed by atoms with van der Waals surface area (Å²) >= 11 is 0. The van der Waals surface area contributed by atoms with Crippen molar-refractivity contribution in [2.24, 2.45) is 0 Å². The van der Waals surface area contributed by atoms with E-state index in [1.54, 1.807) is 26.0 Å². The largest absolute Gasteiger partial charge is 0.485 e. The van der Waals surface area contributed by atoms with Crippen molar-refractivity contribution in [1.82, 2.24) is 0 Å². The van der Waals surface area contributed by atoms with Gasteiger partial charge in [-0.25, -0.2) is 9.59 Å². The molecule has 2 bridgehead atoms. The van der Waals surface area contributed by atoms with Crippen LogP contribution >= 0.6 is 0 Å². The molecule has 29 heavy (non-hydrogen) atoms. The average Bonchev–Trinajstić information content (AvgIpc) is 3.12. The van der Waals surface area contributed by atoms with E-state index in [1.165, 1.54) is 13.8 Å². The van der Waals surface area contributed by atoms with Crippen LogP contribution in [0.5, 0.6) is 0 Å². The van der Waals surface area contributed by atoms with E-state index in [0.29, 0.717) is 12.2 Å². The van der Waals surface area contributed by atoms with Gasteiger partial charge in [0.2, 0.25) is 0 Å². The Hall–Kier alpha value is -2.87. The van der Waals surface area contributed by atoms with Crippen LogP contribution in [0.3, 0.4) is 0 Å². The van der Waals surface area contributed by atoms with Crippen molar-refractivity contribution in [1.29, 1.82) is 0 Å². The van der Waals surface area contributed by atoms with Gasteiger partial charge in [0, 0.05) is 37.0 Å². The molecule has 0 amide bonds. The molecule has 3 aliphatic rings. The van der Waals surface area contributed by atoms with E-state index in [4.69, 9.17) is 18.9 Å². The highest BCUT2D eigenvalue weighted by atomic mass is 16.6. The summed E-state index contributed by atoms with van der Waals surface area (Å²) in [4.78, 5) is 36.1. The molecule has 0 radical (unpaired) electrons. The molecule has 0 saturated heterocycles. The summed E-state index contributed by atoms with van der Waals surface area (Å²) in [5, 5.41) is 11.1. The van der Waals surface area contributed by atoms with Gasteiger partial charge >= 0.3 is 17.9 Å². The number of rotatable bonds is 4. The van der Waals surface area contributed by atoms with Crippen molar-refractivity contribution in [2.45, 2.75) is 57.8 Å². The van der Waals surface area contributed by atoms with Gasteiger partial charge in [0.15, 0.2) is 0 Å². The van der Waals surface area contributed by atoms with Gasteiger partial charge in [-0.15, -0.1) is 0 Å². The van der Waals surface area contributed by atoms with Gasteiger partial charge < -0.3 is 24.1 Å². The van der Waals surface area contributed by atoms with Gasteiger partial charge in [0.05, 0.1) is 5.57 Å². The summed E-state index contributed by atoms with van der Waals surface area (Å²) in [6.07, 6.45) is 2.70. The highest BCUT2D eigenvalue weighted by Gasteiger charge is 2.47. The highest BCUT2D eigenvalue weighted by Crippen LogP contribution is 2.44. The van der Waals surface area contributed by atoms with Crippen molar-refractivity contribution in [3.8, 4) is 0 Å². The fraction of sp³-hybridized carbons (Fsp3) is 0.476. The van der Waals surface area contributed by atoms with Crippen LogP contribution in [0, 0.1) is 0 Å². The topological polar surface area (TPSA) is 108 Å². The molecule has 156 valence electrons. The summed E-state index contributed by atoms with van der Waals surface area (Å²) < 4.78 is 21.9. The number of hydrogen-bond donors (Lipinski definition) is 1. The van der Waals surface area contributed by atoms with Gasteiger partial charge in [0.25, 0.3) is 0 Å². The summed E-state index contributed by atoms with van der Waals surface area (Å²) in [5.41, 5.74) is -1.87. The van der Waals surface area contributed by atoms with Gasteiger partial charge in [-0.1, -0.05) is 6.58 Å². The maximum atomic E-state index is 12.5. The number of ether oxygens (including phenoxy) is 4. The molecule has 3 unspecified atom stereocenters. The smallest absolute Gasteiger partial charge is 0.343 e. The van der Waals surface area contributed by atoms with Crippen LogP contribution in [0.4, 0.5) is 0 Å². The van der Waals surface area contributed by atoms with Crippen molar-refractivity contribution in [2.75, 3.05) is 6.61 Å². The molecule has 0 fully saturated rings. The van der Waals surface area contributed by atoms with Crippen molar-refractivity contribution < 1.29 is 38.4 Å². The fourth-order valence-electron chi connectivity index (χ4n) is 3.47. The van der Waals surface area contributed by atoms with Crippen LogP contribution in [0.15, 0.2) is 47.0 Å². The first-order valence-corrected chi connectivity index (χ1v) is 9.22. The van der Waals surface area contributed by atoms with Crippen molar-refractivity contribution in [3.63, 3.8) is 0 Å². The third-order valence-corrected chi connectivity index (χ3v) is 4.97. The molecule has 8 nitrogen and oxygen atoms in total. The molecule has 3 heterocycles. The Morgan fingerprint density at radius 3 is 2.66 bits per heavy atom. The third-order valence-electron chi connectivity index (χ3n) is 4.97. The number of esters is 3. The first kappa shape index (κ1) is 20.9. The van der Waals surface area contributed by atoms with Gasteiger partial charge in [0.1, 0.15) is 35.4 Å². The number of carbonyl (C=O) groups excluding carboxylic acids is 3. The molecule has 0 spiro atoms. The zero-order valence-corrected chi connectivity index (χ0v) is 16.9. The van der Waals surface area contributed by atoms with Crippen LogP contribution in [0.2, 0.25) is 0 Å². The minimum Gasteiger partial charge on any atom is -0.485 e. The molecule has 0 aliphatic carbocycles. The van der Waals surface area contributed by atoms with E-state index in [1.807, 2.05) is 0 Å². The van der Waals surface area contributed by atoms with E-state index in [9.17, 15) is 19.5 Å². The molecule has 3 aliphatic heterocycles. The second-order valence-corrected chi connectivity index (χ2v) is 7.91. The predicted molar refractivity (Wildman–Crippen MR) is 100.0 cm³/mol. The summed E-state index contributed by atoms with van der Waals surface area (Å²) in [6.45, 7) is 9.27. The Morgan fingerprint density at radius 1 is 1.34 bits per heavy atom. The fourth-order valence-corrected chi connectivity index (χ4v) is 3.47. The van der Waals surface area contributed by atoms with Crippen LogP contribution in [-0.2, 0) is 33.3 Å². The molecule has 8 heteroatoms. The molecule has 1 N–H and O–H groups in total. The van der Waals surface area contributed by atoms with Crippen LogP contribution in [0.1, 0.15) is 40.5 Å². The van der Waals surface area contributed by atoms with Crippen molar-refractivity contribution >= 4 is 17.9 Å². The molecule has 0 saturated carbocycles. The van der Waals surface area contributed by atoms with E-state index >= 15 is 0 Å². The number of aliphatic hydroxyl groups is 1. The lowest BCUT2D eigenvalue weighted by molar-refractivity contribution is -0.145. The Labute approximate surface area is 168 Å².